The van der Waals surface area contributed by atoms with Gasteiger partial charge in [0.05, 0.1) is 12.1 Å². The lowest BCUT2D eigenvalue weighted by Crippen LogP contribution is -2.54. The molecule has 0 bridgehead atoms. The van der Waals surface area contributed by atoms with Gasteiger partial charge in [0.1, 0.15) is 5.82 Å². The van der Waals surface area contributed by atoms with Crippen molar-refractivity contribution in [1.82, 2.24) is 10.2 Å². The van der Waals surface area contributed by atoms with Crippen molar-refractivity contribution in [2.75, 3.05) is 26.2 Å². The Morgan fingerprint density at radius 2 is 2.05 bits per heavy atom. The Morgan fingerprint density at radius 1 is 1.37 bits per heavy atom. The van der Waals surface area contributed by atoms with Crippen LogP contribution in [0.3, 0.4) is 0 Å². The van der Waals surface area contributed by atoms with Crippen molar-refractivity contribution in [3.05, 3.63) is 35.6 Å². The van der Waals surface area contributed by atoms with Crippen molar-refractivity contribution >= 4 is 11.8 Å². The van der Waals surface area contributed by atoms with Gasteiger partial charge in [0.2, 0.25) is 5.91 Å². The monoisotopic (exact) mass is 266 g/mol. The summed E-state index contributed by atoms with van der Waals surface area (Å²) in [5, 5.41) is 11.2. The first kappa shape index (κ1) is 13.5. The van der Waals surface area contributed by atoms with Crippen molar-refractivity contribution in [1.29, 1.82) is 0 Å². The number of rotatable bonds is 4. The van der Waals surface area contributed by atoms with E-state index in [1.165, 1.54) is 18.2 Å². The first-order chi connectivity index (χ1) is 9.11. The summed E-state index contributed by atoms with van der Waals surface area (Å²) in [4.78, 5) is 24.8. The summed E-state index contributed by atoms with van der Waals surface area (Å²) in [6.07, 6.45) is 0. The number of nitrogens with zero attached hydrogens (tertiary/aromatic N) is 1. The molecule has 0 spiro atoms. The lowest BCUT2D eigenvalue weighted by molar-refractivity contribution is -0.137. The summed E-state index contributed by atoms with van der Waals surface area (Å²) in [5.74, 6) is -1.32. The van der Waals surface area contributed by atoms with E-state index in [9.17, 15) is 14.0 Å². The fraction of sp³-hybridized carbons (Fsp3) is 0.385. The zero-order valence-corrected chi connectivity index (χ0v) is 10.3. The lowest BCUT2D eigenvalue weighted by Gasteiger charge is -2.38. The number of nitrogens with one attached hydrogen (secondary N) is 1. The molecule has 19 heavy (non-hydrogen) atoms. The Balaban J connectivity index is 1.81. The second kappa shape index (κ2) is 5.79. The van der Waals surface area contributed by atoms with Crippen LogP contribution in [-0.2, 0) is 4.79 Å². The van der Waals surface area contributed by atoms with Crippen LogP contribution in [0.4, 0.5) is 4.39 Å². The quantitative estimate of drug-likeness (QED) is 0.806. The van der Waals surface area contributed by atoms with Gasteiger partial charge in [-0.15, -0.1) is 0 Å². The maximum atomic E-state index is 13.3. The standard InChI is InChI=1S/C13H15FN2O3/c14-11-4-2-1-3-10(11)13(19)15-5-12(18)16-6-9(7-16)8-17/h1-4,9,17H,5-8H2,(H,15,19). The summed E-state index contributed by atoms with van der Waals surface area (Å²) in [6, 6.07) is 5.60. The van der Waals surface area contributed by atoms with Crippen LogP contribution < -0.4 is 5.32 Å². The highest BCUT2D eigenvalue weighted by atomic mass is 19.1. The molecular weight excluding hydrogens is 251 g/mol. The number of likely N-dealkylation sites (tertiary alicyclic amines) is 1. The number of benzene rings is 1. The average Bonchev–Trinajstić information content (AvgIpc) is 2.35. The second-order valence-electron chi connectivity index (χ2n) is 4.51. The Bertz CT molecular complexity index is 487. The molecule has 1 aromatic carbocycles. The zero-order chi connectivity index (χ0) is 13.8. The lowest BCUT2D eigenvalue weighted by atomic mass is 10.0. The van der Waals surface area contributed by atoms with Crippen LogP contribution in [0.5, 0.6) is 0 Å². The first-order valence-electron chi connectivity index (χ1n) is 6.03. The average molecular weight is 266 g/mol. The van der Waals surface area contributed by atoms with E-state index in [2.05, 4.69) is 5.32 Å². The summed E-state index contributed by atoms with van der Waals surface area (Å²) < 4.78 is 13.3. The molecule has 0 unspecified atom stereocenters. The number of hydrogen-bond donors (Lipinski definition) is 2. The van der Waals surface area contributed by atoms with Crippen molar-refractivity contribution in [2.45, 2.75) is 0 Å². The molecule has 1 aliphatic heterocycles. The first-order valence-corrected chi connectivity index (χ1v) is 6.03. The molecule has 2 rings (SSSR count). The predicted octanol–water partition coefficient (Wildman–Crippen LogP) is 0.00620. The highest BCUT2D eigenvalue weighted by molar-refractivity contribution is 5.96. The third kappa shape index (κ3) is 3.08. The highest BCUT2D eigenvalue weighted by Gasteiger charge is 2.29. The molecule has 1 fully saturated rings. The van der Waals surface area contributed by atoms with Gasteiger partial charge in [0.15, 0.2) is 0 Å². The molecule has 0 aromatic heterocycles. The molecule has 0 radical (unpaired) electrons. The fourth-order valence-electron chi connectivity index (χ4n) is 1.90. The van der Waals surface area contributed by atoms with Crippen LogP contribution in [0.15, 0.2) is 24.3 Å². The molecule has 2 amide bonds. The molecule has 1 heterocycles. The van der Waals surface area contributed by atoms with E-state index < -0.39 is 11.7 Å². The van der Waals surface area contributed by atoms with Crippen LogP contribution in [0.2, 0.25) is 0 Å². The van der Waals surface area contributed by atoms with Gasteiger partial charge in [-0.2, -0.15) is 0 Å². The summed E-state index contributed by atoms with van der Waals surface area (Å²) >= 11 is 0. The van der Waals surface area contributed by atoms with E-state index in [4.69, 9.17) is 5.11 Å². The molecule has 1 saturated heterocycles. The molecule has 0 aliphatic carbocycles. The van der Waals surface area contributed by atoms with Gasteiger partial charge in [-0.05, 0) is 12.1 Å². The molecule has 102 valence electrons. The van der Waals surface area contributed by atoms with Crippen LogP contribution in [-0.4, -0.2) is 48.1 Å². The third-order valence-electron chi connectivity index (χ3n) is 3.09. The molecule has 0 atom stereocenters. The van der Waals surface area contributed by atoms with Crippen molar-refractivity contribution in [3.63, 3.8) is 0 Å². The van der Waals surface area contributed by atoms with Crippen LogP contribution >= 0.6 is 0 Å². The number of aliphatic hydroxyl groups is 1. The zero-order valence-electron chi connectivity index (χ0n) is 10.3. The molecule has 0 saturated carbocycles. The number of halogens is 1. The van der Waals surface area contributed by atoms with Gasteiger partial charge in [-0.3, -0.25) is 9.59 Å². The van der Waals surface area contributed by atoms with Crippen molar-refractivity contribution in [2.24, 2.45) is 5.92 Å². The minimum atomic E-state index is -0.614. The normalized spacial score (nSPS) is 14.9. The SMILES string of the molecule is O=C(NCC(=O)N1CC(CO)C1)c1ccccc1F. The molecule has 5 nitrogen and oxygen atoms in total. The largest absolute Gasteiger partial charge is 0.396 e. The number of carbonyl (C=O) groups excluding carboxylic acids is 2. The van der Waals surface area contributed by atoms with Crippen molar-refractivity contribution < 1.29 is 19.1 Å². The van der Waals surface area contributed by atoms with E-state index in [0.717, 1.165) is 0 Å². The van der Waals surface area contributed by atoms with E-state index in [-0.39, 0.29) is 30.5 Å². The van der Waals surface area contributed by atoms with E-state index >= 15 is 0 Å². The number of carbonyl (C=O) groups is 2. The van der Waals surface area contributed by atoms with Gasteiger partial charge in [-0.1, -0.05) is 12.1 Å². The van der Waals surface area contributed by atoms with Gasteiger partial charge in [0.25, 0.3) is 5.91 Å². The topological polar surface area (TPSA) is 69.6 Å². The van der Waals surface area contributed by atoms with Crippen LogP contribution in [0, 0.1) is 11.7 Å². The van der Waals surface area contributed by atoms with Crippen molar-refractivity contribution in [3.8, 4) is 0 Å². The molecule has 6 heteroatoms. The highest BCUT2D eigenvalue weighted by Crippen LogP contribution is 2.14. The number of aliphatic hydroxyl groups excluding tert-OH is 1. The molecular formula is C13H15FN2O3. The summed E-state index contributed by atoms with van der Waals surface area (Å²) in [5.41, 5.74) is -0.0767. The molecule has 1 aliphatic rings. The van der Waals surface area contributed by atoms with Crippen LogP contribution in [0.1, 0.15) is 10.4 Å². The number of hydrogen-bond acceptors (Lipinski definition) is 3. The maximum Gasteiger partial charge on any atom is 0.254 e. The van der Waals surface area contributed by atoms with Gasteiger partial charge >= 0.3 is 0 Å². The Kier molecular flexibility index (Phi) is 4.11. The fourth-order valence-corrected chi connectivity index (χ4v) is 1.90. The van der Waals surface area contributed by atoms with Crippen LogP contribution in [0.25, 0.3) is 0 Å². The smallest absolute Gasteiger partial charge is 0.254 e. The summed E-state index contributed by atoms with van der Waals surface area (Å²) in [7, 11) is 0. The minimum absolute atomic E-state index is 0.0609. The van der Waals surface area contributed by atoms with E-state index in [1.54, 1.807) is 11.0 Å². The summed E-state index contributed by atoms with van der Waals surface area (Å²) in [6.45, 7) is 0.909. The van der Waals surface area contributed by atoms with Gasteiger partial charge in [-0.25, -0.2) is 4.39 Å². The predicted molar refractivity (Wildman–Crippen MR) is 65.9 cm³/mol. The second-order valence-corrected chi connectivity index (χ2v) is 4.51. The Morgan fingerprint density at radius 3 is 2.68 bits per heavy atom. The Hall–Kier alpha value is -1.95. The maximum absolute atomic E-state index is 13.3. The molecule has 1 aromatic rings. The van der Waals surface area contributed by atoms with E-state index in [0.29, 0.717) is 13.1 Å². The minimum Gasteiger partial charge on any atom is -0.396 e. The Labute approximate surface area is 110 Å². The third-order valence-corrected chi connectivity index (χ3v) is 3.09. The number of amides is 2. The van der Waals surface area contributed by atoms with Gasteiger partial charge in [0, 0.05) is 25.6 Å². The van der Waals surface area contributed by atoms with E-state index in [1.807, 2.05) is 0 Å². The van der Waals surface area contributed by atoms with Gasteiger partial charge < -0.3 is 15.3 Å². The molecule has 2 N–H and O–H groups in total.